The first-order chi connectivity index (χ1) is 21.0. The summed E-state index contributed by atoms with van der Waals surface area (Å²) in [6.45, 7) is 10.9. The van der Waals surface area contributed by atoms with Crippen molar-refractivity contribution in [2.24, 2.45) is 7.05 Å². The Morgan fingerprint density at radius 2 is 1.52 bits per heavy atom. The summed E-state index contributed by atoms with van der Waals surface area (Å²) in [4.78, 5) is 40.7. The second-order valence-corrected chi connectivity index (χ2v) is 12.2. The lowest BCUT2D eigenvalue weighted by Gasteiger charge is -2.21. The van der Waals surface area contributed by atoms with Gasteiger partial charge < -0.3 is 20.3 Å². The minimum absolute atomic E-state index is 0.00328. The lowest BCUT2D eigenvalue weighted by molar-refractivity contribution is 0.0741. The highest BCUT2D eigenvalue weighted by Gasteiger charge is 2.19. The highest BCUT2D eigenvalue weighted by Crippen LogP contribution is 2.34. The van der Waals surface area contributed by atoms with E-state index in [9.17, 15) is 14.4 Å². The summed E-state index contributed by atoms with van der Waals surface area (Å²) in [5.74, 6) is 0.395. The fourth-order valence-electron chi connectivity index (χ4n) is 5.35. The van der Waals surface area contributed by atoms with Gasteiger partial charge in [-0.15, -0.1) is 0 Å². The van der Waals surface area contributed by atoms with Crippen LogP contribution in [0.5, 0.6) is 0 Å². The smallest absolute Gasteiger partial charge is 0.255 e. The van der Waals surface area contributed by atoms with Gasteiger partial charge >= 0.3 is 0 Å². The van der Waals surface area contributed by atoms with E-state index in [0.29, 0.717) is 48.9 Å². The minimum atomic E-state index is -0.188. The highest BCUT2D eigenvalue weighted by molar-refractivity contribution is 6.05. The number of carbonyl (C=O) groups is 2. The Kier molecular flexibility index (Phi) is 9.01. The van der Waals surface area contributed by atoms with Crippen LogP contribution in [-0.4, -0.2) is 47.6 Å². The topological polar surface area (TPSA) is 92.7 Å². The van der Waals surface area contributed by atoms with Gasteiger partial charge in [0.1, 0.15) is 5.82 Å². The Labute approximate surface area is 258 Å². The van der Waals surface area contributed by atoms with Crippen LogP contribution in [0.25, 0.3) is 11.1 Å². The van der Waals surface area contributed by atoms with Crippen molar-refractivity contribution in [2.75, 3.05) is 36.9 Å². The van der Waals surface area contributed by atoms with Crippen LogP contribution in [0.3, 0.4) is 0 Å². The molecule has 0 aliphatic carbocycles. The Hall–Kier alpha value is -4.69. The van der Waals surface area contributed by atoms with Crippen molar-refractivity contribution in [3.63, 3.8) is 0 Å². The summed E-state index contributed by atoms with van der Waals surface area (Å²) in [6.07, 6.45) is 0.824. The molecular formula is C36H40N4O4. The van der Waals surface area contributed by atoms with Crippen LogP contribution in [-0.2, 0) is 17.2 Å². The van der Waals surface area contributed by atoms with Crippen molar-refractivity contribution >= 4 is 29.0 Å². The third-order valence-electron chi connectivity index (χ3n) is 8.10. The highest BCUT2D eigenvalue weighted by atomic mass is 16.5. The summed E-state index contributed by atoms with van der Waals surface area (Å²) >= 11 is 0. The van der Waals surface area contributed by atoms with Gasteiger partial charge in [0.2, 0.25) is 0 Å². The average molecular weight is 593 g/mol. The molecule has 0 radical (unpaired) electrons. The van der Waals surface area contributed by atoms with Gasteiger partial charge in [0.25, 0.3) is 17.4 Å². The van der Waals surface area contributed by atoms with Crippen molar-refractivity contribution in [1.82, 2.24) is 9.47 Å². The largest absolute Gasteiger partial charge is 0.380 e. The standard InChI is InChI=1S/C36H40N4O4/c1-24-29(8-6-9-31(24)38-34(42)25-10-14-27(15-11-25)36(2,3)4)30-18-19-32(41)39(5)33(30)37-28-16-12-26(13-17-28)35(43)40-20-7-22-44-23-21-40/h6,8-19,37H,7,20-23H2,1-5H3,(H,38,42). The molecule has 44 heavy (non-hydrogen) atoms. The number of pyridine rings is 1. The Morgan fingerprint density at radius 3 is 2.23 bits per heavy atom. The molecule has 0 atom stereocenters. The molecule has 4 aromatic rings. The van der Waals surface area contributed by atoms with Crippen molar-refractivity contribution in [2.45, 2.75) is 39.5 Å². The molecule has 8 heteroatoms. The molecule has 0 unspecified atom stereocenters. The van der Waals surface area contributed by atoms with Crippen LogP contribution >= 0.6 is 0 Å². The van der Waals surface area contributed by atoms with Crippen LogP contribution < -0.4 is 16.2 Å². The Balaban J connectivity index is 1.40. The molecule has 3 aromatic carbocycles. The van der Waals surface area contributed by atoms with Gasteiger partial charge in [-0.3, -0.25) is 19.0 Å². The predicted octanol–water partition coefficient (Wildman–Crippen LogP) is 6.52. The number of hydrogen-bond donors (Lipinski definition) is 2. The predicted molar refractivity (Wildman–Crippen MR) is 176 cm³/mol. The summed E-state index contributed by atoms with van der Waals surface area (Å²) in [5.41, 5.74) is 6.17. The molecule has 1 aliphatic rings. The average Bonchev–Trinajstić information content (AvgIpc) is 3.30. The maximum Gasteiger partial charge on any atom is 0.255 e. The van der Waals surface area contributed by atoms with E-state index in [1.807, 2.05) is 66.4 Å². The molecule has 1 saturated heterocycles. The van der Waals surface area contributed by atoms with Crippen LogP contribution in [0, 0.1) is 6.92 Å². The summed E-state index contributed by atoms with van der Waals surface area (Å²) < 4.78 is 7.04. The van der Waals surface area contributed by atoms with Crippen LogP contribution in [0.15, 0.2) is 83.7 Å². The molecule has 0 bridgehead atoms. The molecule has 8 nitrogen and oxygen atoms in total. The normalized spacial score (nSPS) is 13.7. The third kappa shape index (κ3) is 6.76. The van der Waals surface area contributed by atoms with Crippen LogP contribution in [0.1, 0.15) is 59.0 Å². The second kappa shape index (κ2) is 12.9. The molecule has 2 heterocycles. The minimum Gasteiger partial charge on any atom is -0.380 e. The summed E-state index contributed by atoms with van der Waals surface area (Å²) in [7, 11) is 1.72. The van der Waals surface area contributed by atoms with Gasteiger partial charge in [-0.2, -0.15) is 0 Å². The van der Waals surface area contributed by atoms with Gasteiger partial charge in [0, 0.05) is 60.9 Å². The lowest BCUT2D eigenvalue weighted by Crippen LogP contribution is -2.33. The van der Waals surface area contributed by atoms with E-state index in [1.54, 1.807) is 29.8 Å². The first-order valence-corrected chi connectivity index (χ1v) is 15.0. The molecule has 1 aliphatic heterocycles. The van der Waals surface area contributed by atoms with E-state index in [1.165, 1.54) is 6.07 Å². The quantitative estimate of drug-likeness (QED) is 0.266. The van der Waals surface area contributed by atoms with E-state index in [-0.39, 0.29) is 22.8 Å². The fourth-order valence-corrected chi connectivity index (χ4v) is 5.35. The van der Waals surface area contributed by atoms with Gasteiger partial charge in [0.15, 0.2) is 0 Å². The van der Waals surface area contributed by atoms with Crippen molar-refractivity contribution in [3.8, 4) is 11.1 Å². The number of hydrogen-bond acceptors (Lipinski definition) is 5. The fraction of sp³-hybridized carbons (Fsp3) is 0.306. The molecule has 228 valence electrons. The molecule has 5 rings (SSSR count). The van der Waals surface area contributed by atoms with Crippen molar-refractivity contribution < 1.29 is 14.3 Å². The molecule has 2 amide bonds. The van der Waals surface area contributed by atoms with E-state index >= 15 is 0 Å². The number of aromatic nitrogens is 1. The number of benzene rings is 3. The Bertz CT molecular complexity index is 1710. The first-order valence-electron chi connectivity index (χ1n) is 15.0. The summed E-state index contributed by atoms with van der Waals surface area (Å²) in [6, 6.07) is 24.0. The van der Waals surface area contributed by atoms with Gasteiger partial charge in [-0.05, 0) is 84.0 Å². The van der Waals surface area contributed by atoms with Gasteiger partial charge in [-0.25, -0.2) is 0 Å². The zero-order valence-corrected chi connectivity index (χ0v) is 26.1. The number of amides is 2. The maximum atomic E-state index is 13.2. The van der Waals surface area contributed by atoms with Crippen molar-refractivity contribution in [1.29, 1.82) is 0 Å². The van der Waals surface area contributed by atoms with Gasteiger partial charge in [-0.1, -0.05) is 45.0 Å². The van der Waals surface area contributed by atoms with Crippen molar-refractivity contribution in [3.05, 3.63) is 111 Å². The molecular weight excluding hydrogens is 552 g/mol. The zero-order valence-electron chi connectivity index (χ0n) is 26.1. The zero-order chi connectivity index (χ0) is 31.4. The van der Waals surface area contributed by atoms with E-state index < -0.39 is 0 Å². The monoisotopic (exact) mass is 592 g/mol. The third-order valence-corrected chi connectivity index (χ3v) is 8.10. The summed E-state index contributed by atoms with van der Waals surface area (Å²) in [5, 5.41) is 6.46. The molecule has 1 fully saturated rings. The second-order valence-electron chi connectivity index (χ2n) is 12.2. The van der Waals surface area contributed by atoms with Crippen LogP contribution in [0.4, 0.5) is 17.2 Å². The number of anilines is 3. The number of ether oxygens (including phenoxy) is 1. The number of nitrogens with one attached hydrogen (secondary N) is 2. The molecule has 1 aromatic heterocycles. The van der Waals surface area contributed by atoms with E-state index in [0.717, 1.165) is 34.4 Å². The molecule has 0 saturated carbocycles. The number of rotatable bonds is 6. The maximum absolute atomic E-state index is 13.2. The number of nitrogens with zero attached hydrogens (tertiary/aromatic N) is 2. The first kappa shape index (κ1) is 30.8. The SMILES string of the molecule is Cc1c(NC(=O)c2ccc(C(C)(C)C)cc2)cccc1-c1ccc(=O)n(C)c1Nc1ccc(C(=O)N2CCCOCC2)cc1. The Morgan fingerprint density at radius 1 is 0.818 bits per heavy atom. The van der Waals surface area contributed by atoms with Crippen LogP contribution in [0.2, 0.25) is 0 Å². The molecule has 0 spiro atoms. The number of carbonyl (C=O) groups excluding carboxylic acids is 2. The lowest BCUT2D eigenvalue weighted by atomic mass is 9.86. The van der Waals surface area contributed by atoms with E-state index in [4.69, 9.17) is 4.74 Å². The van der Waals surface area contributed by atoms with E-state index in [2.05, 4.69) is 31.4 Å². The van der Waals surface area contributed by atoms with Gasteiger partial charge in [0.05, 0.1) is 6.61 Å². The molecule has 2 N–H and O–H groups in total.